The van der Waals surface area contributed by atoms with Gasteiger partial charge >= 0.3 is 6.18 Å². The first-order chi connectivity index (χ1) is 16.3. The topological polar surface area (TPSA) is 61.1 Å². The first-order valence-corrected chi connectivity index (χ1v) is 11.0. The number of pyridine rings is 2. The van der Waals surface area contributed by atoms with E-state index in [1.165, 1.54) is 28.8 Å². The number of aromatic nitrogens is 3. The molecule has 1 aromatic carbocycles. The molecule has 1 N–H and O–H groups in total. The van der Waals surface area contributed by atoms with Crippen LogP contribution >= 0.6 is 24.8 Å². The number of aryl methyl sites for hydroxylation is 1. The number of nitrogens with zero attached hydrogens (tertiary/aromatic N) is 3. The van der Waals surface area contributed by atoms with Crippen LogP contribution in [0, 0.1) is 0 Å². The van der Waals surface area contributed by atoms with Crippen molar-refractivity contribution in [3.05, 3.63) is 87.7 Å². The van der Waals surface area contributed by atoms with E-state index in [4.69, 9.17) is 4.74 Å². The van der Waals surface area contributed by atoms with Crippen molar-refractivity contribution in [3.8, 4) is 11.4 Å². The van der Waals surface area contributed by atoms with Crippen LogP contribution in [0.1, 0.15) is 22.5 Å². The number of hydrogen-bond donors (Lipinski definition) is 1. The van der Waals surface area contributed by atoms with Gasteiger partial charge in [0.2, 0.25) is 0 Å². The summed E-state index contributed by atoms with van der Waals surface area (Å²) in [6.07, 6.45) is 0.225. The maximum atomic E-state index is 12.8. The fraction of sp³-hybridized carbons (Fsp3) is 0.280. The summed E-state index contributed by atoms with van der Waals surface area (Å²) in [4.78, 5) is 16.2. The quantitative estimate of drug-likeness (QED) is 0.401. The largest absolute Gasteiger partial charge is 0.489 e. The molecule has 0 aliphatic carbocycles. The fourth-order valence-electron chi connectivity index (χ4n) is 4.46. The lowest BCUT2D eigenvalue weighted by Crippen LogP contribution is -2.17. The third-order valence-corrected chi connectivity index (χ3v) is 6.20. The van der Waals surface area contributed by atoms with Gasteiger partial charge in [0.05, 0.1) is 11.2 Å². The van der Waals surface area contributed by atoms with E-state index in [1.54, 1.807) is 16.8 Å². The van der Waals surface area contributed by atoms with Crippen LogP contribution in [0.15, 0.2) is 59.7 Å². The standard InChI is InChI=1S/C25H23F3N4O2.2ClH/c1-31-21-7-10-29-9-6-20(21)19-4-3-17(12-22(19)31)32-11-8-18(13-24(32)33)34-15-16-2-5-23(30-14-16)25(26,27)28;;/h2-5,8,11-14,29H,6-7,9-10,15H2,1H3;2*1H. The van der Waals surface area contributed by atoms with Gasteiger partial charge in [0, 0.05) is 55.1 Å². The van der Waals surface area contributed by atoms with Crippen LogP contribution in [0.25, 0.3) is 16.6 Å². The molecule has 0 unspecified atom stereocenters. The lowest BCUT2D eigenvalue weighted by atomic mass is 10.1. The van der Waals surface area contributed by atoms with Gasteiger partial charge in [-0.05, 0) is 42.8 Å². The lowest BCUT2D eigenvalue weighted by Gasteiger charge is -2.11. The lowest BCUT2D eigenvalue weighted by molar-refractivity contribution is -0.141. The Labute approximate surface area is 217 Å². The molecule has 5 rings (SSSR count). The van der Waals surface area contributed by atoms with Crippen LogP contribution < -0.4 is 15.6 Å². The van der Waals surface area contributed by atoms with Crippen LogP contribution in [0.2, 0.25) is 0 Å². The molecule has 0 spiro atoms. The summed E-state index contributed by atoms with van der Waals surface area (Å²) in [6.45, 7) is 1.91. The average molecular weight is 541 g/mol. The molecule has 0 amide bonds. The van der Waals surface area contributed by atoms with Crippen molar-refractivity contribution >= 4 is 35.7 Å². The number of rotatable bonds is 4. The molecule has 4 heterocycles. The fourth-order valence-corrected chi connectivity index (χ4v) is 4.46. The zero-order chi connectivity index (χ0) is 23.9. The summed E-state index contributed by atoms with van der Waals surface area (Å²) in [5.74, 6) is 0.334. The molecular weight excluding hydrogens is 516 g/mol. The Bertz CT molecular complexity index is 1420. The molecular formula is C25H25Cl2F3N4O2. The molecule has 3 aromatic heterocycles. The normalized spacial score (nSPS) is 13.3. The Morgan fingerprint density at radius 2 is 1.83 bits per heavy atom. The van der Waals surface area contributed by atoms with Crippen molar-refractivity contribution in [1.29, 1.82) is 0 Å². The molecule has 1 aliphatic heterocycles. The first kappa shape index (κ1) is 27.6. The maximum Gasteiger partial charge on any atom is 0.433 e. The SMILES string of the molecule is Cl.Cl.Cn1c2c(c3ccc(-n4ccc(OCc5ccc(C(F)(F)F)nc5)cc4=O)cc31)CCNCC2. The first-order valence-electron chi connectivity index (χ1n) is 11.0. The highest BCUT2D eigenvalue weighted by Crippen LogP contribution is 2.29. The second kappa shape index (κ2) is 10.9. The molecule has 6 nitrogen and oxygen atoms in total. The smallest absolute Gasteiger partial charge is 0.433 e. The molecule has 1 aliphatic rings. The van der Waals surface area contributed by atoms with E-state index in [0.717, 1.165) is 49.4 Å². The van der Waals surface area contributed by atoms with Crippen LogP contribution in [0.3, 0.4) is 0 Å². The zero-order valence-electron chi connectivity index (χ0n) is 19.3. The van der Waals surface area contributed by atoms with Gasteiger partial charge in [0.15, 0.2) is 0 Å². The van der Waals surface area contributed by atoms with Gasteiger partial charge in [-0.15, -0.1) is 24.8 Å². The van der Waals surface area contributed by atoms with Gasteiger partial charge in [0.1, 0.15) is 18.1 Å². The number of benzene rings is 1. The van der Waals surface area contributed by atoms with E-state index in [9.17, 15) is 18.0 Å². The third kappa shape index (κ3) is 5.38. The van der Waals surface area contributed by atoms with Crippen LogP contribution in [0.4, 0.5) is 13.2 Å². The maximum absolute atomic E-state index is 12.8. The zero-order valence-corrected chi connectivity index (χ0v) is 21.0. The Morgan fingerprint density at radius 1 is 1.06 bits per heavy atom. The minimum Gasteiger partial charge on any atom is -0.489 e. The molecule has 0 bridgehead atoms. The predicted molar refractivity (Wildman–Crippen MR) is 137 cm³/mol. The van der Waals surface area contributed by atoms with Crippen molar-refractivity contribution < 1.29 is 17.9 Å². The highest BCUT2D eigenvalue weighted by atomic mass is 35.5. The molecule has 0 fully saturated rings. The summed E-state index contributed by atoms with van der Waals surface area (Å²) in [5, 5.41) is 4.64. The Kier molecular flexibility index (Phi) is 8.38. The molecule has 11 heteroatoms. The number of halogens is 5. The van der Waals surface area contributed by atoms with Gasteiger partial charge in [-0.1, -0.05) is 12.1 Å². The van der Waals surface area contributed by atoms with E-state index in [-0.39, 0.29) is 37.0 Å². The Morgan fingerprint density at radius 3 is 2.53 bits per heavy atom. The summed E-state index contributed by atoms with van der Waals surface area (Å²) in [5.41, 5.74) is 3.79. The van der Waals surface area contributed by atoms with Crippen LogP contribution in [-0.4, -0.2) is 27.2 Å². The third-order valence-electron chi connectivity index (χ3n) is 6.20. The van der Waals surface area contributed by atoms with Crippen molar-refractivity contribution in [1.82, 2.24) is 19.4 Å². The summed E-state index contributed by atoms with van der Waals surface area (Å²) in [6, 6.07) is 11.3. The van der Waals surface area contributed by atoms with E-state index in [0.29, 0.717) is 11.3 Å². The number of alkyl halides is 3. The minimum atomic E-state index is -4.48. The van der Waals surface area contributed by atoms with E-state index in [2.05, 4.69) is 28.0 Å². The summed E-state index contributed by atoms with van der Waals surface area (Å²) >= 11 is 0. The van der Waals surface area contributed by atoms with E-state index < -0.39 is 11.9 Å². The highest BCUT2D eigenvalue weighted by Gasteiger charge is 2.32. The minimum absolute atomic E-state index is 0. The number of fused-ring (bicyclic) bond motifs is 3. The molecule has 36 heavy (non-hydrogen) atoms. The number of nitrogens with one attached hydrogen (secondary N) is 1. The molecule has 0 atom stereocenters. The molecule has 4 aromatic rings. The molecule has 0 saturated heterocycles. The van der Waals surface area contributed by atoms with Gasteiger partial charge in [-0.25, -0.2) is 0 Å². The van der Waals surface area contributed by atoms with Crippen LogP contribution in [-0.2, 0) is 32.7 Å². The second-order valence-corrected chi connectivity index (χ2v) is 8.34. The van der Waals surface area contributed by atoms with Crippen molar-refractivity contribution in [3.63, 3.8) is 0 Å². The van der Waals surface area contributed by atoms with Gasteiger partial charge in [-0.2, -0.15) is 13.2 Å². The number of ether oxygens (including phenoxy) is 1. The van der Waals surface area contributed by atoms with Crippen molar-refractivity contribution in [2.45, 2.75) is 25.6 Å². The summed E-state index contributed by atoms with van der Waals surface area (Å²) < 4.78 is 47.3. The summed E-state index contributed by atoms with van der Waals surface area (Å²) in [7, 11) is 2.06. The molecule has 192 valence electrons. The monoisotopic (exact) mass is 540 g/mol. The highest BCUT2D eigenvalue weighted by molar-refractivity contribution is 5.87. The Hall–Kier alpha value is -3.01. The van der Waals surface area contributed by atoms with Crippen molar-refractivity contribution in [2.75, 3.05) is 13.1 Å². The second-order valence-electron chi connectivity index (χ2n) is 8.34. The van der Waals surface area contributed by atoms with Gasteiger partial charge < -0.3 is 14.6 Å². The number of hydrogen-bond acceptors (Lipinski definition) is 4. The van der Waals surface area contributed by atoms with Gasteiger partial charge in [0.25, 0.3) is 5.56 Å². The van der Waals surface area contributed by atoms with Gasteiger partial charge in [-0.3, -0.25) is 14.3 Å². The Balaban J connectivity index is 0.00000180. The van der Waals surface area contributed by atoms with Crippen LogP contribution in [0.5, 0.6) is 5.75 Å². The predicted octanol–water partition coefficient (Wildman–Crippen LogP) is 4.85. The molecule has 0 saturated carbocycles. The van der Waals surface area contributed by atoms with E-state index >= 15 is 0 Å². The molecule has 0 radical (unpaired) electrons. The average Bonchev–Trinajstić information content (AvgIpc) is 2.96. The van der Waals surface area contributed by atoms with E-state index in [1.807, 2.05) is 12.1 Å². The van der Waals surface area contributed by atoms with Crippen molar-refractivity contribution in [2.24, 2.45) is 7.05 Å².